The van der Waals surface area contributed by atoms with Crippen LogP contribution in [-0.4, -0.2) is 17.3 Å². The molecule has 1 saturated carbocycles. The lowest BCUT2D eigenvalue weighted by molar-refractivity contribution is -0.164. The lowest BCUT2D eigenvalue weighted by atomic mass is 9.98. The second kappa shape index (κ2) is 3.55. The highest BCUT2D eigenvalue weighted by atomic mass is 19.4. The molecule has 0 unspecified atom stereocenters. The molecule has 1 atom stereocenters. The molecule has 5 heteroatoms. The van der Waals surface area contributed by atoms with Crippen molar-refractivity contribution >= 4 is 5.97 Å². The summed E-state index contributed by atoms with van der Waals surface area (Å²) >= 11 is 0. The van der Waals surface area contributed by atoms with E-state index in [1.807, 2.05) is 0 Å². The first-order chi connectivity index (χ1) is 5.88. The number of carboxylic acid groups (broad SMARTS) is 1. The molecular formula is C8H11F3O2. The first-order valence-corrected chi connectivity index (χ1v) is 4.18. The van der Waals surface area contributed by atoms with Gasteiger partial charge < -0.3 is 5.11 Å². The highest BCUT2D eigenvalue weighted by Gasteiger charge is 2.38. The summed E-state index contributed by atoms with van der Waals surface area (Å²) in [5.74, 6) is -2.36. The molecule has 1 aliphatic carbocycles. The van der Waals surface area contributed by atoms with E-state index in [1.165, 1.54) is 0 Å². The molecule has 0 saturated heterocycles. The van der Waals surface area contributed by atoms with Crippen LogP contribution in [0.15, 0.2) is 0 Å². The monoisotopic (exact) mass is 196 g/mol. The van der Waals surface area contributed by atoms with Crippen LogP contribution in [0.5, 0.6) is 0 Å². The minimum Gasteiger partial charge on any atom is -0.481 e. The zero-order chi connectivity index (χ0) is 10.1. The van der Waals surface area contributed by atoms with Crippen molar-refractivity contribution in [2.24, 2.45) is 11.8 Å². The average molecular weight is 196 g/mol. The van der Waals surface area contributed by atoms with Crippen molar-refractivity contribution in [1.82, 2.24) is 0 Å². The number of carboxylic acids is 1. The van der Waals surface area contributed by atoms with Crippen molar-refractivity contribution in [1.29, 1.82) is 0 Å². The fourth-order valence-electron chi connectivity index (χ4n) is 1.31. The molecule has 13 heavy (non-hydrogen) atoms. The molecule has 1 rings (SSSR count). The van der Waals surface area contributed by atoms with E-state index < -0.39 is 24.5 Å². The quantitative estimate of drug-likeness (QED) is 0.749. The van der Waals surface area contributed by atoms with Crippen molar-refractivity contribution < 1.29 is 23.1 Å². The Balaban J connectivity index is 2.41. The molecule has 0 aliphatic heterocycles. The van der Waals surface area contributed by atoms with Crippen molar-refractivity contribution in [3.63, 3.8) is 0 Å². The third kappa shape index (κ3) is 4.15. The molecule has 1 fully saturated rings. The van der Waals surface area contributed by atoms with Crippen molar-refractivity contribution in [2.45, 2.75) is 31.9 Å². The van der Waals surface area contributed by atoms with Crippen LogP contribution in [0.25, 0.3) is 0 Å². The highest BCUT2D eigenvalue weighted by Crippen LogP contribution is 2.38. The average Bonchev–Trinajstić information content (AvgIpc) is 2.66. The summed E-state index contributed by atoms with van der Waals surface area (Å²) in [6, 6.07) is 0. The van der Waals surface area contributed by atoms with E-state index in [1.54, 1.807) is 0 Å². The van der Waals surface area contributed by atoms with Gasteiger partial charge in [0.05, 0.1) is 12.3 Å². The Bertz CT molecular complexity index is 196. The molecule has 0 bridgehead atoms. The Labute approximate surface area is 73.7 Å². The maximum atomic E-state index is 11.9. The maximum absolute atomic E-state index is 11.9. The zero-order valence-corrected chi connectivity index (χ0v) is 6.97. The first kappa shape index (κ1) is 10.3. The van der Waals surface area contributed by atoms with Crippen LogP contribution >= 0.6 is 0 Å². The Morgan fingerprint density at radius 1 is 1.46 bits per heavy atom. The SMILES string of the molecule is O=C(O)[C@H](CC1CC1)CC(F)(F)F. The van der Waals surface area contributed by atoms with Gasteiger partial charge in [-0.15, -0.1) is 0 Å². The number of halogens is 3. The Hall–Kier alpha value is -0.740. The van der Waals surface area contributed by atoms with Crippen LogP contribution in [0.2, 0.25) is 0 Å². The van der Waals surface area contributed by atoms with E-state index >= 15 is 0 Å². The molecule has 1 aliphatic rings. The smallest absolute Gasteiger partial charge is 0.389 e. The zero-order valence-electron chi connectivity index (χ0n) is 6.97. The summed E-state index contributed by atoms with van der Waals surface area (Å²) < 4.78 is 35.6. The number of rotatable bonds is 4. The molecule has 0 aromatic carbocycles. The maximum Gasteiger partial charge on any atom is 0.389 e. The van der Waals surface area contributed by atoms with E-state index in [2.05, 4.69) is 0 Å². The number of carbonyl (C=O) groups is 1. The summed E-state index contributed by atoms with van der Waals surface area (Å²) in [5.41, 5.74) is 0. The summed E-state index contributed by atoms with van der Waals surface area (Å²) in [7, 11) is 0. The van der Waals surface area contributed by atoms with E-state index in [-0.39, 0.29) is 12.3 Å². The molecular weight excluding hydrogens is 185 g/mol. The summed E-state index contributed by atoms with van der Waals surface area (Å²) in [5, 5.41) is 8.51. The topological polar surface area (TPSA) is 37.3 Å². The molecule has 76 valence electrons. The standard InChI is InChI=1S/C8H11F3O2/c9-8(10,11)4-6(7(12)13)3-5-1-2-5/h5-6H,1-4H2,(H,12,13)/t6-/m1/s1. The molecule has 0 spiro atoms. The van der Waals surface area contributed by atoms with Crippen LogP contribution < -0.4 is 0 Å². The van der Waals surface area contributed by atoms with E-state index in [0.29, 0.717) is 0 Å². The molecule has 0 amide bonds. The number of aliphatic carboxylic acids is 1. The van der Waals surface area contributed by atoms with Crippen LogP contribution in [-0.2, 0) is 4.79 Å². The Kier molecular flexibility index (Phi) is 2.83. The Morgan fingerprint density at radius 2 is 2.00 bits per heavy atom. The van der Waals surface area contributed by atoms with Gasteiger partial charge in [0, 0.05) is 0 Å². The number of alkyl halides is 3. The lowest BCUT2D eigenvalue weighted by Crippen LogP contribution is -2.22. The van der Waals surface area contributed by atoms with Gasteiger partial charge in [0.1, 0.15) is 0 Å². The molecule has 0 aromatic heterocycles. The van der Waals surface area contributed by atoms with Crippen molar-refractivity contribution in [3.8, 4) is 0 Å². The van der Waals surface area contributed by atoms with Gasteiger partial charge in [0.2, 0.25) is 0 Å². The summed E-state index contributed by atoms with van der Waals surface area (Å²) in [4.78, 5) is 10.4. The van der Waals surface area contributed by atoms with Gasteiger partial charge >= 0.3 is 12.1 Å². The molecule has 2 nitrogen and oxygen atoms in total. The molecule has 1 N–H and O–H groups in total. The van der Waals surface area contributed by atoms with Crippen LogP contribution in [0.4, 0.5) is 13.2 Å². The van der Waals surface area contributed by atoms with Crippen LogP contribution in [0.1, 0.15) is 25.7 Å². The predicted molar refractivity (Wildman–Crippen MR) is 39.1 cm³/mol. The second-order valence-electron chi connectivity index (χ2n) is 3.53. The van der Waals surface area contributed by atoms with E-state index in [0.717, 1.165) is 12.8 Å². The van der Waals surface area contributed by atoms with E-state index in [4.69, 9.17) is 5.11 Å². The van der Waals surface area contributed by atoms with Gasteiger partial charge in [0.25, 0.3) is 0 Å². The van der Waals surface area contributed by atoms with Gasteiger partial charge in [-0.05, 0) is 12.3 Å². The first-order valence-electron chi connectivity index (χ1n) is 4.18. The van der Waals surface area contributed by atoms with Crippen molar-refractivity contribution in [2.75, 3.05) is 0 Å². The third-order valence-corrected chi connectivity index (χ3v) is 2.14. The minimum atomic E-state index is -4.36. The second-order valence-corrected chi connectivity index (χ2v) is 3.53. The van der Waals surface area contributed by atoms with Crippen LogP contribution in [0, 0.1) is 11.8 Å². The summed E-state index contributed by atoms with van der Waals surface area (Å²) in [6.07, 6.45) is -3.63. The van der Waals surface area contributed by atoms with Crippen molar-refractivity contribution in [3.05, 3.63) is 0 Å². The van der Waals surface area contributed by atoms with Gasteiger partial charge in [-0.25, -0.2) is 0 Å². The van der Waals surface area contributed by atoms with Gasteiger partial charge in [-0.1, -0.05) is 12.8 Å². The number of hydrogen-bond acceptors (Lipinski definition) is 1. The molecule has 0 aromatic rings. The minimum absolute atomic E-state index is 0.175. The van der Waals surface area contributed by atoms with Gasteiger partial charge in [-0.2, -0.15) is 13.2 Å². The summed E-state index contributed by atoms with van der Waals surface area (Å²) in [6.45, 7) is 0. The fraction of sp³-hybridized carbons (Fsp3) is 0.875. The van der Waals surface area contributed by atoms with Crippen LogP contribution in [0.3, 0.4) is 0 Å². The van der Waals surface area contributed by atoms with Gasteiger partial charge in [-0.3, -0.25) is 4.79 Å². The van der Waals surface area contributed by atoms with Gasteiger partial charge in [0.15, 0.2) is 0 Å². The third-order valence-electron chi connectivity index (χ3n) is 2.14. The lowest BCUT2D eigenvalue weighted by Gasteiger charge is -2.13. The highest BCUT2D eigenvalue weighted by molar-refractivity contribution is 5.70. The largest absolute Gasteiger partial charge is 0.481 e. The predicted octanol–water partition coefficient (Wildman–Crippen LogP) is 2.44. The van der Waals surface area contributed by atoms with E-state index in [9.17, 15) is 18.0 Å². The molecule has 0 radical (unpaired) electrons. The fourth-order valence-corrected chi connectivity index (χ4v) is 1.31. The Morgan fingerprint density at radius 3 is 2.31 bits per heavy atom. The molecule has 0 heterocycles. The number of hydrogen-bond donors (Lipinski definition) is 1. The normalized spacial score (nSPS) is 19.9.